The number of benzene rings is 2. The Hall–Kier alpha value is -1.65. The minimum Gasteiger partial charge on any atom is -0.207 e. The summed E-state index contributed by atoms with van der Waals surface area (Å²) >= 11 is 0. The maximum atomic E-state index is 13.2. The van der Waals surface area contributed by atoms with Crippen molar-refractivity contribution in [2.45, 2.75) is 44.2 Å². The Bertz CT molecular complexity index is 809. The summed E-state index contributed by atoms with van der Waals surface area (Å²) in [4.78, 5) is 0.405. The van der Waals surface area contributed by atoms with Gasteiger partial charge in [-0.25, -0.2) is 8.42 Å². The lowest BCUT2D eigenvalue weighted by Crippen LogP contribution is -2.51. The molecular formula is C18H21NO2S. The van der Waals surface area contributed by atoms with Crippen LogP contribution >= 0.6 is 0 Å². The Morgan fingerprint density at radius 1 is 0.955 bits per heavy atom. The van der Waals surface area contributed by atoms with Crippen molar-refractivity contribution in [2.24, 2.45) is 0 Å². The van der Waals surface area contributed by atoms with Crippen LogP contribution in [0.5, 0.6) is 0 Å². The Morgan fingerprint density at radius 3 is 2.23 bits per heavy atom. The van der Waals surface area contributed by atoms with Crippen molar-refractivity contribution in [1.82, 2.24) is 4.31 Å². The van der Waals surface area contributed by atoms with E-state index in [0.29, 0.717) is 11.4 Å². The predicted octanol–water partition coefficient (Wildman–Crippen LogP) is 3.52. The van der Waals surface area contributed by atoms with Crippen LogP contribution in [0.3, 0.4) is 0 Å². The van der Waals surface area contributed by atoms with Crippen LogP contribution in [-0.2, 0) is 23.0 Å². The predicted molar refractivity (Wildman–Crippen MR) is 88.1 cm³/mol. The van der Waals surface area contributed by atoms with Crippen LogP contribution in [-0.4, -0.2) is 18.3 Å². The molecule has 22 heavy (non-hydrogen) atoms. The van der Waals surface area contributed by atoms with Gasteiger partial charge in [-0.15, -0.1) is 0 Å². The fraction of sp³-hybridized carbons (Fsp3) is 0.333. The molecule has 1 aliphatic rings. The minimum absolute atomic E-state index is 0.405. The molecule has 0 aromatic heterocycles. The topological polar surface area (TPSA) is 37.4 Å². The molecule has 1 heterocycles. The third kappa shape index (κ3) is 2.46. The summed E-state index contributed by atoms with van der Waals surface area (Å²) in [6.07, 6.45) is 0.730. The number of aryl methyl sites for hydroxylation is 1. The molecule has 3 rings (SSSR count). The molecule has 0 bridgehead atoms. The molecule has 1 aliphatic heterocycles. The lowest BCUT2D eigenvalue weighted by atomic mass is 9.88. The lowest BCUT2D eigenvalue weighted by Gasteiger charge is -2.42. The summed E-state index contributed by atoms with van der Waals surface area (Å²) in [6, 6.07) is 15.3. The average Bonchev–Trinajstić information content (AvgIpc) is 2.45. The largest absolute Gasteiger partial charge is 0.244 e. The summed E-state index contributed by atoms with van der Waals surface area (Å²) in [5.41, 5.74) is 2.69. The quantitative estimate of drug-likeness (QED) is 0.850. The second-order valence-electron chi connectivity index (χ2n) is 6.54. The van der Waals surface area contributed by atoms with Gasteiger partial charge in [-0.05, 0) is 49.9 Å². The van der Waals surface area contributed by atoms with Crippen LogP contribution in [0.2, 0.25) is 0 Å². The van der Waals surface area contributed by atoms with Gasteiger partial charge < -0.3 is 0 Å². The van der Waals surface area contributed by atoms with Gasteiger partial charge in [0.05, 0.1) is 4.90 Å². The number of fused-ring (bicyclic) bond motifs is 1. The molecule has 116 valence electrons. The van der Waals surface area contributed by atoms with Gasteiger partial charge in [0.25, 0.3) is 0 Å². The van der Waals surface area contributed by atoms with E-state index in [1.165, 1.54) is 5.56 Å². The van der Waals surface area contributed by atoms with Gasteiger partial charge in [0, 0.05) is 12.1 Å². The lowest BCUT2D eigenvalue weighted by molar-refractivity contribution is 0.202. The molecular weight excluding hydrogens is 294 g/mol. The van der Waals surface area contributed by atoms with Crippen LogP contribution in [0.4, 0.5) is 0 Å². The molecule has 0 spiro atoms. The summed E-state index contributed by atoms with van der Waals surface area (Å²) in [5, 5.41) is 0. The zero-order valence-corrected chi connectivity index (χ0v) is 14.0. The van der Waals surface area contributed by atoms with Gasteiger partial charge >= 0.3 is 0 Å². The zero-order chi connectivity index (χ0) is 16.0. The maximum absolute atomic E-state index is 13.2. The molecule has 0 fully saturated rings. The summed E-state index contributed by atoms with van der Waals surface area (Å²) in [5.74, 6) is 0. The molecule has 0 unspecified atom stereocenters. The molecule has 0 atom stereocenters. The number of hydrogen-bond donors (Lipinski definition) is 0. The van der Waals surface area contributed by atoms with Gasteiger partial charge in [0.1, 0.15) is 0 Å². The highest BCUT2D eigenvalue weighted by Crippen LogP contribution is 2.35. The third-order valence-corrected chi connectivity index (χ3v) is 6.61. The van der Waals surface area contributed by atoms with E-state index in [1.54, 1.807) is 16.4 Å². The van der Waals surface area contributed by atoms with Gasteiger partial charge in [-0.3, -0.25) is 0 Å². The van der Waals surface area contributed by atoms with E-state index in [0.717, 1.165) is 17.5 Å². The Labute approximate surface area is 132 Å². The van der Waals surface area contributed by atoms with E-state index < -0.39 is 15.6 Å². The SMILES string of the molecule is Cc1ccccc1S(=O)(=O)N1Cc2ccccc2CC1(C)C. The smallest absolute Gasteiger partial charge is 0.207 e. The first-order valence-corrected chi connectivity index (χ1v) is 8.92. The summed E-state index contributed by atoms with van der Waals surface area (Å²) in [7, 11) is -3.51. The molecule has 3 nitrogen and oxygen atoms in total. The van der Waals surface area contributed by atoms with Crippen LogP contribution < -0.4 is 0 Å². The third-order valence-electron chi connectivity index (χ3n) is 4.39. The first kappa shape index (κ1) is 15.3. The second-order valence-corrected chi connectivity index (χ2v) is 8.37. The molecule has 0 saturated carbocycles. The number of rotatable bonds is 2. The highest BCUT2D eigenvalue weighted by atomic mass is 32.2. The van der Waals surface area contributed by atoms with Crippen molar-refractivity contribution in [2.75, 3.05) is 0 Å². The molecule has 4 heteroatoms. The van der Waals surface area contributed by atoms with Gasteiger partial charge in [-0.2, -0.15) is 4.31 Å². The van der Waals surface area contributed by atoms with E-state index in [9.17, 15) is 8.42 Å². The van der Waals surface area contributed by atoms with E-state index >= 15 is 0 Å². The van der Waals surface area contributed by atoms with Crippen molar-refractivity contribution in [1.29, 1.82) is 0 Å². The fourth-order valence-corrected chi connectivity index (χ4v) is 5.17. The fourth-order valence-electron chi connectivity index (χ4n) is 3.18. The van der Waals surface area contributed by atoms with E-state index in [1.807, 2.05) is 51.1 Å². The first-order chi connectivity index (χ1) is 10.3. The van der Waals surface area contributed by atoms with Crippen molar-refractivity contribution >= 4 is 10.0 Å². The zero-order valence-electron chi connectivity index (χ0n) is 13.2. The number of hydrogen-bond acceptors (Lipinski definition) is 2. The molecule has 2 aromatic rings. The van der Waals surface area contributed by atoms with Crippen molar-refractivity contribution in [3.8, 4) is 0 Å². The monoisotopic (exact) mass is 315 g/mol. The number of nitrogens with zero attached hydrogens (tertiary/aromatic N) is 1. The van der Waals surface area contributed by atoms with E-state index in [-0.39, 0.29) is 0 Å². The van der Waals surface area contributed by atoms with Crippen molar-refractivity contribution in [3.05, 3.63) is 65.2 Å². The molecule has 2 aromatic carbocycles. The van der Waals surface area contributed by atoms with Crippen molar-refractivity contribution < 1.29 is 8.42 Å². The Morgan fingerprint density at radius 2 is 1.55 bits per heavy atom. The molecule has 0 saturated heterocycles. The Kier molecular flexibility index (Phi) is 3.62. The van der Waals surface area contributed by atoms with E-state index in [4.69, 9.17) is 0 Å². The highest BCUT2D eigenvalue weighted by Gasteiger charge is 2.41. The minimum atomic E-state index is -3.51. The maximum Gasteiger partial charge on any atom is 0.244 e. The molecule has 0 amide bonds. The molecule has 0 N–H and O–H groups in total. The molecule has 0 aliphatic carbocycles. The standard InChI is InChI=1S/C18H21NO2S/c1-14-8-4-7-11-17(14)22(20,21)19-13-16-10-6-5-9-15(16)12-18(19,2)3/h4-11H,12-13H2,1-3H3. The van der Waals surface area contributed by atoms with Crippen LogP contribution in [0, 0.1) is 6.92 Å². The van der Waals surface area contributed by atoms with Crippen molar-refractivity contribution in [3.63, 3.8) is 0 Å². The Balaban J connectivity index is 2.10. The van der Waals surface area contributed by atoms with Crippen LogP contribution in [0.15, 0.2) is 53.4 Å². The summed E-state index contributed by atoms with van der Waals surface area (Å²) in [6.45, 7) is 6.27. The molecule has 0 radical (unpaired) electrons. The van der Waals surface area contributed by atoms with E-state index in [2.05, 4.69) is 6.07 Å². The first-order valence-electron chi connectivity index (χ1n) is 7.48. The summed E-state index contributed by atoms with van der Waals surface area (Å²) < 4.78 is 28.0. The average molecular weight is 315 g/mol. The van der Waals surface area contributed by atoms with Crippen LogP contribution in [0.1, 0.15) is 30.5 Å². The van der Waals surface area contributed by atoms with Crippen LogP contribution in [0.25, 0.3) is 0 Å². The second kappa shape index (κ2) is 5.21. The van der Waals surface area contributed by atoms with Gasteiger partial charge in [0.15, 0.2) is 0 Å². The normalized spacial score (nSPS) is 18.0. The van der Waals surface area contributed by atoms with Gasteiger partial charge in [-0.1, -0.05) is 42.5 Å². The number of sulfonamides is 1. The highest BCUT2D eigenvalue weighted by molar-refractivity contribution is 7.89. The van der Waals surface area contributed by atoms with Gasteiger partial charge in [0.2, 0.25) is 10.0 Å².